The number of hydrogen-bond donors (Lipinski definition) is 2. The normalized spacial score (nSPS) is 20.7. The third-order valence-electron chi connectivity index (χ3n) is 3.67. The van der Waals surface area contributed by atoms with Gasteiger partial charge in [0.25, 0.3) is 5.91 Å². The van der Waals surface area contributed by atoms with Gasteiger partial charge in [0.15, 0.2) is 10.4 Å². The van der Waals surface area contributed by atoms with E-state index in [4.69, 9.17) is 4.42 Å². The highest BCUT2D eigenvalue weighted by molar-refractivity contribution is 9.10. The maximum Gasteiger partial charge on any atom is 0.287 e. The number of carbonyl (C=O) groups excluding carboxylic acids is 1. The molecule has 1 unspecified atom stereocenters. The molecule has 1 aromatic carbocycles. The minimum absolute atomic E-state index is 0.182. The first kappa shape index (κ1) is 13.4. The monoisotopic (exact) mass is 335 g/mol. The van der Waals surface area contributed by atoms with Crippen LogP contribution in [0.1, 0.15) is 28.1 Å². The molecule has 1 heterocycles. The molecule has 5 heteroatoms. The summed E-state index contributed by atoms with van der Waals surface area (Å²) in [6.07, 6.45) is 1.45. The Balaban J connectivity index is 1.71. The van der Waals surface area contributed by atoms with E-state index in [9.17, 15) is 9.90 Å². The van der Waals surface area contributed by atoms with Crippen molar-refractivity contribution in [2.45, 2.75) is 18.4 Å². The summed E-state index contributed by atoms with van der Waals surface area (Å²) in [5.74, 6) is -0.0970. The van der Waals surface area contributed by atoms with Crippen LogP contribution in [0.5, 0.6) is 0 Å². The third kappa shape index (κ3) is 2.39. The lowest BCUT2D eigenvalue weighted by Gasteiger charge is -2.24. The molecule has 1 aliphatic rings. The van der Waals surface area contributed by atoms with Crippen LogP contribution in [0.3, 0.4) is 0 Å². The largest absolute Gasteiger partial charge is 0.444 e. The van der Waals surface area contributed by atoms with E-state index in [-0.39, 0.29) is 18.2 Å². The quantitative estimate of drug-likeness (QED) is 0.906. The number of aliphatic hydroxyl groups is 1. The van der Waals surface area contributed by atoms with E-state index in [1.165, 1.54) is 0 Å². The van der Waals surface area contributed by atoms with E-state index in [0.717, 1.165) is 17.5 Å². The fourth-order valence-electron chi connectivity index (χ4n) is 2.60. The summed E-state index contributed by atoms with van der Waals surface area (Å²) in [6, 6.07) is 11.0. The minimum Gasteiger partial charge on any atom is -0.444 e. The SMILES string of the molecule is O=C(NCC1(O)CCc2ccccc21)c1ccc(Br)o1. The molecule has 1 amide bonds. The van der Waals surface area contributed by atoms with Gasteiger partial charge in [0, 0.05) is 0 Å². The zero-order valence-electron chi connectivity index (χ0n) is 10.7. The van der Waals surface area contributed by atoms with Crippen molar-refractivity contribution in [2.24, 2.45) is 0 Å². The predicted molar refractivity (Wildman–Crippen MR) is 77.4 cm³/mol. The van der Waals surface area contributed by atoms with E-state index in [1.807, 2.05) is 24.3 Å². The summed E-state index contributed by atoms with van der Waals surface area (Å²) < 4.78 is 5.69. The Morgan fingerprint density at radius 1 is 1.35 bits per heavy atom. The smallest absolute Gasteiger partial charge is 0.287 e. The van der Waals surface area contributed by atoms with Gasteiger partial charge in [-0.15, -0.1) is 0 Å². The molecule has 0 fully saturated rings. The summed E-state index contributed by atoms with van der Waals surface area (Å²) in [7, 11) is 0. The lowest BCUT2D eigenvalue weighted by atomic mass is 9.96. The molecule has 3 rings (SSSR count). The average Bonchev–Trinajstić information content (AvgIpc) is 3.02. The van der Waals surface area contributed by atoms with E-state index < -0.39 is 5.60 Å². The second-order valence-corrected chi connectivity index (χ2v) is 5.76. The lowest BCUT2D eigenvalue weighted by molar-refractivity contribution is 0.0364. The number of carbonyl (C=O) groups is 1. The van der Waals surface area contributed by atoms with Crippen LogP contribution in [0.25, 0.3) is 0 Å². The molecule has 0 saturated carbocycles. The highest BCUT2D eigenvalue weighted by atomic mass is 79.9. The van der Waals surface area contributed by atoms with E-state index >= 15 is 0 Å². The summed E-state index contributed by atoms with van der Waals surface area (Å²) >= 11 is 3.15. The second-order valence-electron chi connectivity index (χ2n) is 4.98. The highest BCUT2D eigenvalue weighted by Gasteiger charge is 2.36. The van der Waals surface area contributed by atoms with Crippen LogP contribution in [0, 0.1) is 0 Å². The molecule has 0 saturated heterocycles. The first-order chi connectivity index (χ1) is 9.58. The predicted octanol–water partition coefficient (Wildman–Crippen LogP) is 2.61. The number of aryl methyl sites for hydroxylation is 1. The van der Waals surface area contributed by atoms with Gasteiger partial charge >= 0.3 is 0 Å². The van der Waals surface area contributed by atoms with Crippen molar-refractivity contribution in [1.29, 1.82) is 0 Å². The standard InChI is InChI=1S/C15H14BrNO3/c16-13-6-5-12(20-13)14(18)17-9-15(19)8-7-10-3-1-2-4-11(10)15/h1-6,19H,7-9H2,(H,17,18). The van der Waals surface area contributed by atoms with Gasteiger partial charge in [-0.2, -0.15) is 0 Å². The van der Waals surface area contributed by atoms with Gasteiger partial charge in [-0.05, 0) is 52.0 Å². The summed E-state index contributed by atoms with van der Waals surface area (Å²) in [4.78, 5) is 11.9. The Morgan fingerprint density at radius 3 is 2.90 bits per heavy atom. The summed E-state index contributed by atoms with van der Waals surface area (Å²) in [6.45, 7) is 0.182. The van der Waals surface area contributed by atoms with Crippen LogP contribution < -0.4 is 5.32 Å². The molecule has 2 aromatic rings. The van der Waals surface area contributed by atoms with Gasteiger partial charge in [0.05, 0.1) is 6.54 Å². The maximum atomic E-state index is 11.9. The molecule has 0 spiro atoms. The van der Waals surface area contributed by atoms with Crippen molar-refractivity contribution in [3.8, 4) is 0 Å². The Morgan fingerprint density at radius 2 is 2.15 bits per heavy atom. The van der Waals surface area contributed by atoms with Gasteiger partial charge in [0.1, 0.15) is 5.60 Å². The van der Waals surface area contributed by atoms with Crippen molar-refractivity contribution < 1.29 is 14.3 Å². The molecule has 20 heavy (non-hydrogen) atoms. The van der Waals surface area contributed by atoms with Crippen molar-refractivity contribution in [2.75, 3.05) is 6.54 Å². The molecule has 1 atom stereocenters. The van der Waals surface area contributed by atoms with Crippen LogP contribution in [-0.2, 0) is 12.0 Å². The molecule has 0 radical (unpaired) electrons. The molecule has 1 aliphatic carbocycles. The van der Waals surface area contributed by atoms with Crippen LogP contribution in [0.15, 0.2) is 45.5 Å². The van der Waals surface area contributed by atoms with E-state index in [0.29, 0.717) is 11.1 Å². The molecular formula is C15H14BrNO3. The van der Waals surface area contributed by atoms with Crippen LogP contribution in [0.2, 0.25) is 0 Å². The molecule has 1 aromatic heterocycles. The third-order valence-corrected chi connectivity index (χ3v) is 4.09. The number of nitrogens with one attached hydrogen (secondary N) is 1. The summed E-state index contributed by atoms with van der Waals surface area (Å²) in [5, 5.41) is 13.4. The van der Waals surface area contributed by atoms with E-state index in [2.05, 4.69) is 21.2 Å². The fraction of sp³-hybridized carbons (Fsp3) is 0.267. The summed E-state index contributed by atoms with van der Waals surface area (Å²) in [5.41, 5.74) is 1.06. The van der Waals surface area contributed by atoms with Gasteiger partial charge in [-0.3, -0.25) is 4.79 Å². The van der Waals surface area contributed by atoms with Crippen molar-refractivity contribution in [1.82, 2.24) is 5.32 Å². The highest BCUT2D eigenvalue weighted by Crippen LogP contribution is 2.36. The van der Waals surface area contributed by atoms with Crippen LogP contribution in [-0.4, -0.2) is 17.6 Å². The zero-order valence-corrected chi connectivity index (χ0v) is 12.3. The number of furan rings is 1. The van der Waals surface area contributed by atoms with E-state index in [1.54, 1.807) is 12.1 Å². The Bertz CT molecular complexity index is 652. The molecular weight excluding hydrogens is 322 g/mol. The Hall–Kier alpha value is -1.59. The Kier molecular flexibility index (Phi) is 3.40. The number of fused-ring (bicyclic) bond motifs is 1. The van der Waals surface area contributed by atoms with Crippen molar-refractivity contribution in [3.63, 3.8) is 0 Å². The molecule has 104 valence electrons. The number of benzene rings is 1. The van der Waals surface area contributed by atoms with Gasteiger partial charge < -0.3 is 14.8 Å². The first-order valence-electron chi connectivity index (χ1n) is 6.43. The fourth-order valence-corrected chi connectivity index (χ4v) is 2.91. The number of rotatable bonds is 3. The zero-order chi connectivity index (χ0) is 14.2. The van der Waals surface area contributed by atoms with Gasteiger partial charge in [-0.25, -0.2) is 0 Å². The minimum atomic E-state index is -0.990. The molecule has 0 bridgehead atoms. The first-order valence-corrected chi connectivity index (χ1v) is 7.22. The topological polar surface area (TPSA) is 62.5 Å². The molecule has 0 aliphatic heterocycles. The number of amides is 1. The number of halogens is 1. The van der Waals surface area contributed by atoms with Crippen molar-refractivity contribution >= 4 is 21.8 Å². The van der Waals surface area contributed by atoms with Crippen molar-refractivity contribution in [3.05, 3.63) is 58.0 Å². The lowest BCUT2D eigenvalue weighted by Crippen LogP contribution is -2.39. The van der Waals surface area contributed by atoms with Gasteiger partial charge in [-0.1, -0.05) is 24.3 Å². The second kappa shape index (κ2) is 5.07. The Labute approximate surface area is 124 Å². The average molecular weight is 336 g/mol. The van der Waals surface area contributed by atoms with Crippen LogP contribution >= 0.6 is 15.9 Å². The molecule has 2 N–H and O–H groups in total. The van der Waals surface area contributed by atoms with Gasteiger partial charge in [0.2, 0.25) is 0 Å². The van der Waals surface area contributed by atoms with Crippen LogP contribution in [0.4, 0.5) is 0 Å². The number of hydrogen-bond acceptors (Lipinski definition) is 3. The maximum absolute atomic E-state index is 11.9. The molecule has 4 nitrogen and oxygen atoms in total.